The number of para-hydroxylation sites is 1. The molecule has 26 heavy (non-hydrogen) atoms. The summed E-state index contributed by atoms with van der Waals surface area (Å²) in [5, 5.41) is 0. The molecule has 1 amide bonds. The van der Waals surface area contributed by atoms with Crippen LogP contribution >= 0.6 is 0 Å². The molecule has 1 heterocycles. The van der Waals surface area contributed by atoms with Crippen molar-refractivity contribution in [3.05, 3.63) is 102 Å². The highest BCUT2D eigenvalue weighted by atomic mass is 16.2. The van der Waals surface area contributed by atoms with E-state index in [1.165, 1.54) is 5.56 Å². The molecule has 1 aliphatic heterocycles. The van der Waals surface area contributed by atoms with Crippen LogP contribution in [0.5, 0.6) is 0 Å². The Morgan fingerprint density at radius 2 is 1.38 bits per heavy atom. The summed E-state index contributed by atoms with van der Waals surface area (Å²) in [4.78, 5) is 15.8. The van der Waals surface area contributed by atoms with Gasteiger partial charge in [0.05, 0.1) is 11.5 Å². The van der Waals surface area contributed by atoms with Gasteiger partial charge in [0.15, 0.2) is 0 Å². The van der Waals surface area contributed by atoms with Gasteiger partial charge in [-0.2, -0.15) is 0 Å². The van der Waals surface area contributed by atoms with Gasteiger partial charge in [-0.25, -0.2) is 0 Å². The van der Waals surface area contributed by atoms with E-state index in [0.29, 0.717) is 0 Å². The van der Waals surface area contributed by atoms with Crippen molar-refractivity contribution in [1.82, 2.24) is 0 Å². The number of nitrogens with zero attached hydrogens (tertiary/aromatic N) is 1. The summed E-state index contributed by atoms with van der Waals surface area (Å²) < 4.78 is 0. The molecule has 1 fully saturated rings. The van der Waals surface area contributed by atoms with Crippen molar-refractivity contribution >= 4 is 11.6 Å². The molecular formula is C24H23NO. The molecule has 0 radical (unpaired) electrons. The topological polar surface area (TPSA) is 20.3 Å². The van der Waals surface area contributed by atoms with E-state index in [0.717, 1.165) is 24.1 Å². The van der Waals surface area contributed by atoms with Crippen molar-refractivity contribution in [3.63, 3.8) is 0 Å². The van der Waals surface area contributed by atoms with Crippen LogP contribution in [0.1, 0.15) is 36.9 Å². The Morgan fingerprint density at radius 1 is 0.846 bits per heavy atom. The van der Waals surface area contributed by atoms with E-state index in [-0.39, 0.29) is 11.9 Å². The number of anilines is 1. The second-order valence-corrected chi connectivity index (χ2v) is 6.94. The number of carbonyl (C=O) groups is 1. The molecule has 0 unspecified atom stereocenters. The number of hydrogen-bond donors (Lipinski definition) is 0. The highest BCUT2D eigenvalue weighted by Crippen LogP contribution is 2.49. The molecule has 0 spiro atoms. The minimum absolute atomic E-state index is 0.0475. The third-order valence-electron chi connectivity index (χ3n) is 5.63. The molecule has 3 aromatic carbocycles. The van der Waals surface area contributed by atoms with Gasteiger partial charge in [-0.1, -0.05) is 85.8 Å². The highest BCUT2D eigenvalue weighted by Gasteiger charge is 2.52. The first kappa shape index (κ1) is 16.6. The largest absolute Gasteiger partial charge is 0.304 e. The predicted molar refractivity (Wildman–Crippen MR) is 106 cm³/mol. The zero-order chi connectivity index (χ0) is 18.0. The molecule has 0 aliphatic carbocycles. The van der Waals surface area contributed by atoms with Crippen molar-refractivity contribution < 1.29 is 4.79 Å². The van der Waals surface area contributed by atoms with Crippen molar-refractivity contribution in [1.29, 1.82) is 0 Å². The fraction of sp³-hybridized carbons (Fsp3) is 0.208. The lowest BCUT2D eigenvalue weighted by Gasteiger charge is -2.27. The molecule has 1 aliphatic rings. The smallest absolute Gasteiger partial charge is 0.238 e. The molecule has 2 atom stereocenters. The van der Waals surface area contributed by atoms with E-state index < -0.39 is 5.41 Å². The molecule has 1 saturated heterocycles. The highest BCUT2D eigenvalue weighted by molar-refractivity contribution is 6.04. The first-order valence-electron chi connectivity index (χ1n) is 9.25. The van der Waals surface area contributed by atoms with Crippen molar-refractivity contribution in [2.75, 3.05) is 4.90 Å². The third-order valence-corrected chi connectivity index (χ3v) is 5.63. The van der Waals surface area contributed by atoms with E-state index in [9.17, 15) is 4.79 Å². The summed E-state index contributed by atoms with van der Waals surface area (Å²) >= 11 is 0. The molecule has 3 aromatic rings. The van der Waals surface area contributed by atoms with E-state index in [4.69, 9.17) is 0 Å². The van der Waals surface area contributed by atoms with Gasteiger partial charge in [-0.05, 0) is 36.1 Å². The van der Waals surface area contributed by atoms with Gasteiger partial charge in [-0.3, -0.25) is 4.79 Å². The minimum Gasteiger partial charge on any atom is -0.304 e. The molecule has 2 nitrogen and oxygen atoms in total. The SMILES string of the molecule is CC[C@]1(c2ccccc2)C[C@H](c2ccccc2)N(c2ccccc2)C1=O. The molecule has 130 valence electrons. The monoisotopic (exact) mass is 341 g/mol. The summed E-state index contributed by atoms with van der Waals surface area (Å²) in [6.45, 7) is 2.13. The Balaban J connectivity index is 1.86. The van der Waals surface area contributed by atoms with Crippen molar-refractivity contribution in [2.45, 2.75) is 31.2 Å². The Labute approximate surface area is 155 Å². The van der Waals surface area contributed by atoms with Gasteiger partial charge in [0.25, 0.3) is 0 Å². The van der Waals surface area contributed by atoms with Gasteiger partial charge in [0.2, 0.25) is 5.91 Å². The number of carbonyl (C=O) groups excluding carboxylic acids is 1. The first-order chi connectivity index (χ1) is 12.8. The van der Waals surface area contributed by atoms with E-state index >= 15 is 0 Å². The summed E-state index contributed by atoms with van der Waals surface area (Å²) in [5.41, 5.74) is 2.80. The second-order valence-electron chi connectivity index (χ2n) is 6.94. The summed E-state index contributed by atoms with van der Waals surface area (Å²) in [6, 6.07) is 30.8. The van der Waals surface area contributed by atoms with Crippen LogP contribution in [0.4, 0.5) is 5.69 Å². The Hall–Kier alpha value is -2.87. The van der Waals surface area contributed by atoms with Gasteiger partial charge in [0.1, 0.15) is 0 Å². The lowest BCUT2D eigenvalue weighted by Crippen LogP contribution is -2.37. The fourth-order valence-corrected chi connectivity index (χ4v) is 4.21. The predicted octanol–water partition coefficient (Wildman–Crippen LogP) is 5.51. The lowest BCUT2D eigenvalue weighted by atomic mass is 9.75. The van der Waals surface area contributed by atoms with E-state index in [1.807, 2.05) is 59.5 Å². The average Bonchev–Trinajstić information content (AvgIpc) is 3.03. The lowest BCUT2D eigenvalue weighted by molar-refractivity contribution is -0.122. The number of benzene rings is 3. The van der Waals surface area contributed by atoms with Crippen LogP contribution < -0.4 is 4.90 Å². The zero-order valence-electron chi connectivity index (χ0n) is 15.0. The maximum Gasteiger partial charge on any atom is 0.238 e. The van der Waals surface area contributed by atoms with Gasteiger partial charge < -0.3 is 4.90 Å². The van der Waals surface area contributed by atoms with Crippen LogP contribution in [0.25, 0.3) is 0 Å². The maximum atomic E-state index is 13.8. The summed E-state index contributed by atoms with van der Waals surface area (Å²) in [7, 11) is 0. The molecule has 0 N–H and O–H groups in total. The van der Waals surface area contributed by atoms with Gasteiger partial charge in [-0.15, -0.1) is 0 Å². The molecule has 0 saturated carbocycles. The normalized spacial score (nSPS) is 22.6. The van der Waals surface area contributed by atoms with Crippen LogP contribution in [-0.2, 0) is 10.2 Å². The van der Waals surface area contributed by atoms with Crippen LogP contribution in [0.15, 0.2) is 91.0 Å². The fourth-order valence-electron chi connectivity index (χ4n) is 4.21. The van der Waals surface area contributed by atoms with Gasteiger partial charge in [0, 0.05) is 5.69 Å². The standard InChI is InChI=1S/C24H23NO/c1-2-24(20-14-8-4-9-15-20)18-22(19-12-6-3-7-13-19)25(23(24)26)21-16-10-5-11-17-21/h3-17,22H,2,18H2,1H3/t22-,24-/m1/s1. The van der Waals surface area contributed by atoms with Crippen LogP contribution in [0.3, 0.4) is 0 Å². The molecule has 2 heteroatoms. The molecule has 0 bridgehead atoms. The van der Waals surface area contributed by atoms with E-state index in [1.54, 1.807) is 0 Å². The Morgan fingerprint density at radius 3 is 1.96 bits per heavy atom. The average molecular weight is 341 g/mol. The first-order valence-corrected chi connectivity index (χ1v) is 9.25. The number of amides is 1. The molecular weight excluding hydrogens is 318 g/mol. The number of hydrogen-bond acceptors (Lipinski definition) is 1. The maximum absolute atomic E-state index is 13.8. The van der Waals surface area contributed by atoms with Crippen LogP contribution in [0, 0.1) is 0 Å². The quantitative estimate of drug-likeness (QED) is 0.612. The summed E-state index contributed by atoms with van der Waals surface area (Å²) in [5.74, 6) is 0.200. The molecule has 4 rings (SSSR count). The van der Waals surface area contributed by atoms with E-state index in [2.05, 4.69) is 43.3 Å². The van der Waals surface area contributed by atoms with Gasteiger partial charge >= 0.3 is 0 Å². The second kappa shape index (κ2) is 6.80. The Bertz CT molecular complexity index is 876. The third kappa shape index (κ3) is 2.62. The zero-order valence-corrected chi connectivity index (χ0v) is 15.0. The van der Waals surface area contributed by atoms with Crippen LogP contribution in [0.2, 0.25) is 0 Å². The number of rotatable bonds is 4. The Kier molecular flexibility index (Phi) is 4.34. The minimum atomic E-state index is -0.475. The molecule has 0 aromatic heterocycles. The van der Waals surface area contributed by atoms with Crippen LogP contribution in [-0.4, -0.2) is 5.91 Å². The summed E-state index contributed by atoms with van der Waals surface area (Å²) in [6.07, 6.45) is 1.59. The van der Waals surface area contributed by atoms with Crippen molar-refractivity contribution in [2.24, 2.45) is 0 Å². The van der Waals surface area contributed by atoms with Crippen molar-refractivity contribution in [3.8, 4) is 0 Å².